The van der Waals surface area contributed by atoms with Crippen LogP contribution in [-0.2, 0) is 14.8 Å². The summed E-state index contributed by atoms with van der Waals surface area (Å²) in [6.07, 6.45) is 2.33. The highest BCUT2D eigenvalue weighted by Gasteiger charge is 2.37. The number of rotatable bonds is 1. The maximum Gasteiger partial charge on any atom is 0.285 e. The Hall–Kier alpha value is -3.53. The number of aromatic nitrogens is 2. The Morgan fingerprint density at radius 3 is 2.43 bits per heavy atom. The van der Waals surface area contributed by atoms with Gasteiger partial charge < -0.3 is 9.80 Å². The predicted octanol–water partition coefficient (Wildman–Crippen LogP) is 2.66. The smallest absolute Gasteiger partial charge is 0.285 e. The minimum atomic E-state index is -3.71. The van der Waals surface area contributed by atoms with Crippen LogP contribution in [0.5, 0.6) is 0 Å². The Labute approximate surface area is 204 Å². The minimum absolute atomic E-state index is 0.00516. The summed E-state index contributed by atoms with van der Waals surface area (Å²) in [5.41, 5.74) is 2.17. The molecule has 10 heteroatoms. The van der Waals surface area contributed by atoms with Crippen molar-refractivity contribution in [1.82, 2.24) is 14.9 Å². The monoisotopic (exact) mass is 490 g/mol. The van der Waals surface area contributed by atoms with Crippen molar-refractivity contribution in [2.24, 2.45) is 10.3 Å². The van der Waals surface area contributed by atoms with Gasteiger partial charge in [-0.1, -0.05) is 24.3 Å². The fourth-order valence-electron chi connectivity index (χ4n) is 5.22. The van der Waals surface area contributed by atoms with Gasteiger partial charge in [0.1, 0.15) is 4.90 Å². The zero-order valence-corrected chi connectivity index (χ0v) is 20.3. The van der Waals surface area contributed by atoms with Crippen molar-refractivity contribution in [2.45, 2.75) is 24.2 Å². The summed E-state index contributed by atoms with van der Waals surface area (Å²) in [5.74, 6) is 1.47. The van der Waals surface area contributed by atoms with Crippen LogP contribution in [-0.4, -0.2) is 68.3 Å². The Kier molecular flexibility index (Phi) is 5.21. The number of carbonyl (C=O) groups excluding carboxylic acids is 1. The number of hydrogen-bond acceptors (Lipinski definition) is 7. The van der Waals surface area contributed by atoms with Gasteiger partial charge in [0, 0.05) is 38.8 Å². The van der Waals surface area contributed by atoms with Crippen LogP contribution in [0.15, 0.2) is 57.8 Å². The number of benzene rings is 2. The molecular formula is C25H26N6O3S. The van der Waals surface area contributed by atoms with E-state index >= 15 is 0 Å². The zero-order valence-electron chi connectivity index (χ0n) is 19.5. The van der Waals surface area contributed by atoms with Crippen molar-refractivity contribution in [1.29, 1.82) is 0 Å². The van der Waals surface area contributed by atoms with Crippen LogP contribution >= 0.6 is 0 Å². The number of para-hydroxylation sites is 2. The van der Waals surface area contributed by atoms with Crippen molar-refractivity contribution >= 4 is 44.4 Å². The van der Waals surface area contributed by atoms with E-state index in [1.165, 1.54) is 0 Å². The molecule has 1 atom stereocenters. The van der Waals surface area contributed by atoms with E-state index in [-0.39, 0.29) is 16.7 Å². The highest BCUT2D eigenvalue weighted by molar-refractivity contribution is 7.90. The summed E-state index contributed by atoms with van der Waals surface area (Å²) in [6, 6.07) is 14.6. The number of amidine groups is 1. The molecule has 6 rings (SSSR count). The molecule has 3 aromatic rings. The molecule has 1 saturated heterocycles. The summed E-state index contributed by atoms with van der Waals surface area (Å²) in [5, 5.41) is 0. The van der Waals surface area contributed by atoms with E-state index in [2.05, 4.69) is 9.30 Å². The molecule has 1 amide bonds. The molecular weight excluding hydrogens is 464 g/mol. The number of nitrogens with zero attached hydrogens (tertiary/aromatic N) is 6. The lowest BCUT2D eigenvalue weighted by atomic mass is 9.95. The van der Waals surface area contributed by atoms with E-state index in [1.807, 2.05) is 42.3 Å². The molecule has 0 N–H and O–H groups in total. The summed E-state index contributed by atoms with van der Waals surface area (Å²) >= 11 is 0. The Bertz CT molecular complexity index is 1470. The molecule has 2 aromatic carbocycles. The maximum atomic E-state index is 13.9. The minimum Gasteiger partial charge on any atom is -0.357 e. The largest absolute Gasteiger partial charge is 0.357 e. The van der Waals surface area contributed by atoms with Gasteiger partial charge in [-0.15, -0.1) is 4.40 Å². The summed E-state index contributed by atoms with van der Waals surface area (Å²) < 4.78 is 29.2. The third kappa shape index (κ3) is 3.72. The average Bonchev–Trinajstić information content (AvgIpc) is 3.05. The van der Waals surface area contributed by atoms with Gasteiger partial charge in [-0.25, -0.2) is 9.97 Å². The normalized spacial score (nSPS) is 21.3. The van der Waals surface area contributed by atoms with Gasteiger partial charge in [0.05, 0.1) is 17.0 Å². The molecule has 0 spiro atoms. The fourth-order valence-corrected chi connectivity index (χ4v) is 6.45. The summed E-state index contributed by atoms with van der Waals surface area (Å²) in [4.78, 5) is 29.6. The molecule has 35 heavy (non-hydrogen) atoms. The molecule has 0 unspecified atom stereocenters. The van der Waals surface area contributed by atoms with E-state index < -0.39 is 10.0 Å². The van der Waals surface area contributed by atoms with Crippen LogP contribution in [0.3, 0.4) is 0 Å². The standard InChI is InChI=1S/C25H26N6O3S/c1-29-13-7-15-31(24-23(29)26-19-10-3-4-11-20(19)27-24)25(32)17-8-6-14-30(16-17)22-18-9-2-5-12-21(18)35(33,34)28-22/h2-5,9-12,17H,6-8,13-16H2,1H3/t17-/m0/s1. The summed E-state index contributed by atoms with van der Waals surface area (Å²) in [7, 11) is -1.73. The first-order valence-corrected chi connectivity index (χ1v) is 13.3. The van der Waals surface area contributed by atoms with Crippen LogP contribution in [0.25, 0.3) is 11.0 Å². The molecule has 3 aliphatic heterocycles. The Morgan fingerprint density at radius 1 is 0.914 bits per heavy atom. The van der Waals surface area contributed by atoms with Gasteiger partial charge in [0.15, 0.2) is 17.5 Å². The summed E-state index contributed by atoms with van der Waals surface area (Å²) in [6.45, 7) is 2.43. The van der Waals surface area contributed by atoms with E-state index in [9.17, 15) is 13.2 Å². The van der Waals surface area contributed by atoms with Crippen molar-refractivity contribution in [3.8, 4) is 0 Å². The van der Waals surface area contributed by atoms with Crippen LogP contribution in [0.2, 0.25) is 0 Å². The third-order valence-corrected chi connectivity index (χ3v) is 8.30. The van der Waals surface area contributed by atoms with Gasteiger partial charge in [0.2, 0.25) is 5.91 Å². The number of hydrogen-bond donors (Lipinski definition) is 0. The zero-order chi connectivity index (χ0) is 24.2. The van der Waals surface area contributed by atoms with Gasteiger partial charge in [-0.05, 0) is 43.5 Å². The lowest BCUT2D eigenvalue weighted by Crippen LogP contribution is -2.47. The van der Waals surface area contributed by atoms with Crippen LogP contribution in [0.4, 0.5) is 11.6 Å². The molecule has 0 aliphatic carbocycles. The number of sulfonamides is 1. The molecule has 0 saturated carbocycles. The second-order valence-electron chi connectivity index (χ2n) is 9.30. The first-order chi connectivity index (χ1) is 16.9. The highest BCUT2D eigenvalue weighted by Crippen LogP contribution is 2.34. The van der Waals surface area contributed by atoms with E-state index in [0.717, 1.165) is 36.8 Å². The number of likely N-dealkylation sites (tertiary alicyclic amines) is 1. The van der Waals surface area contributed by atoms with E-state index in [1.54, 1.807) is 23.1 Å². The molecule has 3 aliphatic rings. The second kappa shape index (κ2) is 8.30. The quantitative estimate of drug-likeness (QED) is 0.517. The number of amides is 1. The molecule has 9 nitrogen and oxygen atoms in total. The van der Waals surface area contributed by atoms with E-state index in [4.69, 9.17) is 9.97 Å². The van der Waals surface area contributed by atoms with Crippen molar-refractivity contribution in [3.05, 3.63) is 54.1 Å². The van der Waals surface area contributed by atoms with Crippen molar-refractivity contribution in [2.75, 3.05) is 43.0 Å². The van der Waals surface area contributed by atoms with Crippen LogP contribution in [0, 0.1) is 5.92 Å². The van der Waals surface area contributed by atoms with E-state index in [0.29, 0.717) is 42.7 Å². The van der Waals surface area contributed by atoms with Gasteiger partial charge in [0.25, 0.3) is 10.0 Å². The van der Waals surface area contributed by atoms with Crippen molar-refractivity contribution < 1.29 is 13.2 Å². The molecule has 0 radical (unpaired) electrons. The van der Waals surface area contributed by atoms with Crippen molar-refractivity contribution in [3.63, 3.8) is 0 Å². The van der Waals surface area contributed by atoms with Gasteiger partial charge >= 0.3 is 0 Å². The lowest BCUT2D eigenvalue weighted by Gasteiger charge is -2.35. The molecule has 1 fully saturated rings. The first-order valence-electron chi connectivity index (χ1n) is 11.9. The number of piperidine rings is 1. The molecule has 1 aromatic heterocycles. The molecule has 0 bridgehead atoms. The molecule has 180 valence electrons. The third-order valence-electron chi connectivity index (χ3n) is 6.98. The average molecular weight is 491 g/mol. The molecule has 4 heterocycles. The SMILES string of the molecule is CN1CCCN(C(=O)[C@H]2CCCN(C3=NS(=O)(=O)c4ccccc43)C2)c2nc3ccccc3nc21. The van der Waals surface area contributed by atoms with Gasteiger partial charge in [-0.2, -0.15) is 8.42 Å². The Morgan fingerprint density at radius 2 is 1.63 bits per heavy atom. The highest BCUT2D eigenvalue weighted by atomic mass is 32.2. The maximum absolute atomic E-state index is 13.9. The lowest BCUT2D eigenvalue weighted by molar-refractivity contribution is -0.123. The van der Waals surface area contributed by atoms with Crippen LogP contribution in [0.1, 0.15) is 24.8 Å². The number of fused-ring (bicyclic) bond motifs is 3. The Balaban J connectivity index is 1.32. The first kappa shape index (κ1) is 22.0. The number of anilines is 2. The fraction of sp³-hybridized carbons (Fsp3) is 0.360. The predicted molar refractivity (Wildman–Crippen MR) is 134 cm³/mol. The second-order valence-corrected chi connectivity index (χ2v) is 10.9. The topological polar surface area (TPSA) is 99.1 Å². The van der Waals surface area contributed by atoms with Crippen LogP contribution < -0.4 is 9.80 Å². The van der Waals surface area contributed by atoms with Gasteiger partial charge in [-0.3, -0.25) is 9.69 Å². The number of carbonyl (C=O) groups is 1.